The molecule has 1 fully saturated rings. The van der Waals surface area contributed by atoms with Gasteiger partial charge >= 0.3 is 0 Å². The van der Waals surface area contributed by atoms with E-state index in [2.05, 4.69) is 47.5 Å². The monoisotopic (exact) mass is 290 g/mol. The van der Waals surface area contributed by atoms with Crippen molar-refractivity contribution in [2.24, 2.45) is 0 Å². The van der Waals surface area contributed by atoms with E-state index < -0.39 is 0 Å². The summed E-state index contributed by atoms with van der Waals surface area (Å²) in [5.74, 6) is 0.714. The Morgan fingerprint density at radius 3 is 2.90 bits per heavy atom. The number of likely N-dealkylation sites (tertiary alicyclic amines) is 1. The van der Waals surface area contributed by atoms with E-state index in [-0.39, 0.29) is 0 Å². The summed E-state index contributed by atoms with van der Waals surface area (Å²) in [6, 6.07) is 11.6. The van der Waals surface area contributed by atoms with E-state index in [9.17, 15) is 0 Å². The molecule has 118 valence electrons. The first kappa shape index (κ1) is 16.5. The Morgan fingerprint density at radius 2 is 2.14 bits per heavy atom. The van der Waals surface area contributed by atoms with Crippen LogP contribution in [0.5, 0.6) is 0 Å². The third-order valence-electron chi connectivity index (χ3n) is 4.40. The van der Waals surface area contributed by atoms with Gasteiger partial charge in [0.2, 0.25) is 0 Å². The molecule has 2 atom stereocenters. The van der Waals surface area contributed by atoms with Crippen LogP contribution in [0.1, 0.15) is 38.2 Å². The maximum atomic E-state index is 5.35. The van der Waals surface area contributed by atoms with Gasteiger partial charge in [-0.1, -0.05) is 30.3 Å². The number of nitrogens with one attached hydrogen (secondary N) is 1. The predicted octanol–water partition coefficient (Wildman–Crippen LogP) is 2.88. The van der Waals surface area contributed by atoms with E-state index in [1.54, 1.807) is 0 Å². The molecule has 1 aromatic carbocycles. The van der Waals surface area contributed by atoms with Crippen molar-refractivity contribution >= 4 is 0 Å². The van der Waals surface area contributed by atoms with Gasteiger partial charge in [0.05, 0.1) is 0 Å². The van der Waals surface area contributed by atoms with Gasteiger partial charge in [-0.2, -0.15) is 0 Å². The highest BCUT2D eigenvalue weighted by atomic mass is 16.5. The molecule has 2 rings (SSSR count). The molecule has 1 heterocycles. The van der Waals surface area contributed by atoms with E-state index in [1.165, 1.54) is 25.1 Å². The Hall–Kier alpha value is -0.900. The number of rotatable bonds is 9. The Kier molecular flexibility index (Phi) is 7.20. The van der Waals surface area contributed by atoms with Crippen LogP contribution in [-0.4, -0.2) is 50.3 Å². The molecule has 1 N–H and O–H groups in total. The van der Waals surface area contributed by atoms with Gasteiger partial charge in [-0.15, -0.1) is 0 Å². The average Bonchev–Trinajstić information content (AvgIpc) is 3.01. The average molecular weight is 290 g/mol. The van der Waals surface area contributed by atoms with Crippen molar-refractivity contribution in [2.45, 2.75) is 38.6 Å². The molecule has 3 heteroatoms. The summed E-state index contributed by atoms with van der Waals surface area (Å²) in [7, 11) is 0. The molecule has 1 aliphatic heterocycles. The van der Waals surface area contributed by atoms with E-state index >= 15 is 0 Å². The lowest BCUT2D eigenvalue weighted by atomic mass is 9.99. The number of nitrogens with zero attached hydrogens (tertiary/aromatic N) is 1. The molecule has 3 nitrogen and oxygen atoms in total. The van der Waals surface area contributed by atoms with Crippen LogP contribution in [0.3, 0.4) is 0 Å². The molecule has 1 saturated heterocycles. The summed E-state index contributed by atoms with van der Waals surface area (Å²) in [4.78, 5) is 2.62. The number of hydrogen-bond acceptors (Lipinski definition) is 3. The van der Waals surface area contributed by atoms with Gasteiger partial charge in [0.1, 0.15) is 0 Å². The van der Waals surface area contributed by atoms with Gasteiger partial charge in [-0.25, -0.2) is 0 Å². The molecule has 0 bridgehead atoms. The standard InChI is InChI=1S/C18H30N2O/c1-3-21-13-7-11-19-14-16(2)20-12-10-18(15-20)17-8-5-4-6-9-17/h4-6,8-9,16,18-19H,3,7,10-15H2,1-2H3. The SMILES string of the molecule is CCOCCCNCC(C)N1CCC(c2ccccc2)C1. The van der Waals surface area contributed by atoms with Crippen LogP contribution < -0.4 is 5.32 Å². The summed E-state index contributed by atoms with van der Waals surface area (Å²) < 4.78 is 5.35. The molecule has 0 radical (unpaired) electrons. The fraction of sp³-hybridized carbons (Fsp3) is 0.667. The maximum absolute atomic E-state index is 5.35. The Morgan fingerprint density at radius 1 is 1.33 bits per heavy atom. The number of hydrogen-bond donors (Lipinski definition) is 1. The molecule has 21 heavy (non-hydrogen) atoms. The van der Waals surface area contributed by atoms with E-state index in [1.807, 2.05) is 6.92 Å². The van der Waals surface area contributed by atoms with E-state index in [4.69, 9.17) is 4.74 Å². The summed E-state index contributed by atoms with van der Waals surface area (Å²) in [6.45, 7) is 10.6. The molecular weight excluding hydrogens is 260 g/mol. The Balaban J connectivity index is 1.64. The Bertz CT molecular complexity index is 382. The molecule has 0 saturated carbocycles. The fourth-order valence-electron chi connectivity index (χ4n) is 3.07. The highest BCUT2D eigenvalue weighted by molar-refractivity contribution is 5.21. The lowest BCUT2D eigenvalue weighted by Crippen LogP contribution is -2.39. The van der Waals surface area contributed by atoms with Gasteiger partial charge in [0.15, 0.2) is 0 Å². The first-order valence-corrected chi connectivity index (χ1v) is 8.38. The largest absolute Gasteiger partial charge is 0.382 e. The Labute approximate surface area is 129 Å². The predicted molar refractivity (Wildman–Crippen MR) is 88.8 cm³/mol. The van der Waals surface area contributed by atoms with Crippen molar-refractivity contribution in [3.05, 3.63) is 35.9 Å². The van der Waals surface area contributed by atoms with Gasteiger partial charge in [0, 0.05) is 32.3 Å². The van der Waals surface area contributed by atoms with E-state index in [0.717, 1.165) is 32.7 Å². The summed E-state index contributed by atoms with van der Waals surface area (Å²) in [5.41, 5.74) is 1.50. The molecule has 1 aliphatic rings. The van der Waals surface area contributed by atoms with Crippen molar-refractivity contribution in [1.82, 2.24) is 10.2 Å². The highest BCUT2D eigenvalue weighted by Crippen LogP contribution is 2.27. The second kappa shape index (κ2) is 9.19. The van der Waals surface area contributed by atoms with Crippen LogP contribution in [-0.2, 0) is 4.74 Å². The van der Waals surface area contributed by atoms with Crippen molar-refractivity contribution in [1.29, 1.82) is 0 Å². The molecule has 0 spiro atoms. The first-order valence-electron chi connectivity index (χ1n) is 8.38. The van der Waals surface area contributed by atoms with Crippen LogP contribution in [0.4, 0.5) is 0 Å². The zero-order valence-corrected chi connectivity index (χ0v) is 13.6. The van der Waals surface area contributed by atoms with Gasteiger partial charge in [-0.3, -0.25) is 4.90 Å². The number of benzene rings is 1. The molecule has 2 unspecified atom stereocenters. The maximum Gasteiger partial charge on any atom is 0.0477 e. The topological polar surface area (TPSA) is 24.5 Å². The molecule has 0 aromatic heterocycles. The summed E-state index contributed by atoms with van der Waals surface area (Å²) >= 11 is 0. The van der Waals surface area contributed by atoms with Gasteiger partial charge < -0.3 is 10.1 Å². The second-order valence-corrected chi connectivity index (χ2v) is 5.99. The van der Waals surface area contributed by atoms with Crippen LogP contribution in [0.25, 0.3) is 0 Å². The lowest BCUT2D eigenvalue weighted by molar-refractivity contribution is 0.144. The van der Waals surface area contributed by atoms with Gasteiger partial charge in [-0.05, 0) is 51.3 Å². The minimum absolute atomic E-state index is 0.616. The quantitative estimate of drug-likeness (QED) is 0.708. The van der Waals surface area contributed by atoms with Crippen LogP contribution in [0.2, 0.25) is 0 Å². The van der Waals surface area contributed by atoms with Crippen LogP contribution >= 0.6 is 0 Å². The van der Waals surface area contributed by atoms with Crippen molar-refractivity contribution in [2.75, 3.05) is 39.4 Å². The fourth-order valence-corrected chi connectivity index (χ4v) is 3.07. The zero-order valence-electron chi connectivity index (χ0n) is 13.6. The zero-order chi connectivity index (χ0) is 14.9. The minimum Gasteiger partial charge on any atom is -0.382 e. The van der Waals surface area contributed by atoms with E-state index in [0.29, 0.717) is 12.0 Å². The lowest BCUT2D eigenvalue weighted by Gasteiger charge is -2.24. The molecule has 1 aromatic rings. The molecule has 0 aliphatic carbocycles. The van der Waals surface area contributed by atoms with Crippen LogP contribution in [0.15, 0.2) is 30.3 Å². The first-order chi connectivity index (χ1) is 10.3. The molecular formula is C18H30N2O. The minimum atomic E-state index is 0.616. The highest BCUT2D eigenvalue weighted by Gasteiger charge is 2.26. The van der Waals surface area contributed by atoms with Crippen molar-refractivity contribution < 1.29 is 4.74 Å². The summed E-state index contributed by atoms with van der Waals surface area (Å²) in [5, 5.41) is 3.55. The normalized spacial score (nSPS) is 20.8. The number of ether oxygens (including phenoxy) is 1. The van der Waals surface area contributed by atoms with Crippen LogP contribution in [0, 0.1) is 0 Å². The third-order valence-corrected chi connectivity index (χ3v) is 4.40. The summed E-state index contributed by atoms with van der Waals surface area (Å²) in [6.07, 6.45) is 2.39. The third kappa shape index (κ3) is 5.42. The van der Waals surface area contributed by atoms with Crippen molar-refractivity contribution in [3.63, 3.8) is 0 Å². The smallest absolute Gasteiger partial charge is 0.0477 e. The van der Waals surface area contributed by atoms with Crippen molar-refractivity contribution in [3.8, 4) is 0 Å². The van der Waals surface area contributed by atoms with Gasteiger partial charge in [0.25, 0.3) is 0 Å². The molecule has 0 amide bonds. The second-order valence-electron chi connectivity index (χ2n) is 5.99.